The molecule has 1 aromatic heterocycles. The van der Waals surface area contributed by atoms with Crippen molar-refractivity contribution in [3.05, 3.63) is 71.4 Å². The van der Waals surface area contributed by atoms with E-state index >= 15 is 0 Å². The number of nitrogens with zero attached hydrogens (tertiary/aromatic N) is 2. The number of para-hydroxylation sites is 1. The van der Waals surface area contributed by atoms with Crippen LogP contribution in [0.2, 0.25) is 0 Å². The monoisotopic (exact) mass is 428 g/mol. The quantitative estimate of drug-likeness (QED) is 0.482. The van der Waals surface area contributed by atoms with Gasteiger partial charge in [-0.3, -0.25) is 9.78 Å². The molecule has 2 atom stereocenters. The highest BCUT2D eigenvalue weighted by Crippen LogP contribution is 2.55. The van der Waals surface area contributed by atoms with Gasteiger partial charge in [0.2, 0.25) is 0 Å². The van der Waals surface area contributed by atoms with Crippen LogP contribution in [-0.2, 0) is 22.6 Å². The van der Waals surface area contributed by atoms with Gasteiger partial charge in [0.1, 0.15) is 18.0 Å². The highest BCUT2D eigenvalue weighted by Gasteiger charge is 2.60. The van der Waals surface area contributed by atoms with Gasteiger partial charge in [-0.15, -0.1) is 0 Å². The summed E-state index contributed by atoms with van der Waals surface area (Å²) >= 11 is 0. The zero-order chi connectivity index (χ0) is 22.9. The molecule has 0 aliphatic heterocycles. The molecule has 4 rings (SSSR count). The smallest absolute Gasteiger partial charge is 0.311 e. The van der Waals surface area contributed by atoms with Crippen LogP contribution in [-0.4, -0.2) is 16.6 Å². The summed E-state index contributed by atoms with van der Waals surface area (Å²) in [5, 5.41) is 10.8. The molecule has 5 nitrogen and oxygen atoms in total. The Morgan fingerprint density at radius 2 is 1.91 bits per heavy atom. The van der Waals surface area contributed by atoms with E-state index in [4.69, 9.17) is 9.47 Å². The number of esters is 1. The van der Waals surface area contributed by atoms with E-state index in [0.717, 1.165) is 33.5 Å². The number of benzene rings is 2. The maximum absolute atomic E-state index is 12.4. The van der Waals surface area contributed by atoms with E-state index in [2.05, 4.69) is 23.2 Å². The normalized spacial score (nSPS) is 19.9. The largest absolute Gasteiger partial charge is 0.489 e. The number of ether oxygens (including phenoxy) is 2. The molecule has 1 saturated carbocycles. The fourth-order valence-electron chi connectivity index (χ4n) is 4.09. The molecule has 0 unspecified atom stereocenters. The number of hydrogen-bond acceptors (Lipinski definition) is 5. The fraction of sp³-hybridized carbons (Fsp3) is 0.370. The minimum absolute atomic E-state index is 0.279. The van der Waals surface area contributed by atoms with Crippen molar-refractivity contribution in [1.29, 1.82) is 5.26 Å². The number of carbonyl (C=O) groups excluding carboxylic acids is 1. The predicted octanol–water partition coefficient (Wildman–Crippen LogP) is 5.54. The molecule has 1 aliphatic carbocycles. The standard InChI is InChI=1S/C27H28N2O3/c1-18-13-20(22-7-5-6-8-24(22)29-18)16-31-21-11-9-19(10-12-21)14-27(17-28)15-23(27)25(30)32-26(2,3)4/h5-13,23H,14-16H2,1-4H3/t23-,27-/m1/s1. The van der Waals surface area contributed by atoms with Crippen molar-refractivity contribution in [1.82, 2.24) is 4.98 Å². The number of fused-ring (bicyclic) bond motifs is 1. The molecule has 1 aliphatic rings. The Bertz CT molecular complexity index is 1190. The van der Waals surface area contributed by atoms with Crippen molar-refractivity contribution in [3.63, 3.8) is 0 Å². The molecular formula is C27H28N2O3. The summed E-state index contributed by atoms with van der Waals surface area (Å²) < 4.78 is 11.5. The maximum atomic E-state index is 12.4. The number of rotatable bonds is 6. The minimum atomic E-state index is -0.668. The molecule has 1 fully saturated rings. The molecule has 0 radical (unpaired) electrons. The molecule has 0 saturated heterocycles. The molecule has 0 bridgehead atoms. The lowest BCUT2D eigenvalue weighted by Crippen LogP contribution is -2.26. The molecule has 5 heteroatoms. The summed E-state index contributed by atoms with van der Waals surface area (Å²) in [4.78, 5) is 17.0. The van der Waals surface area contributed by atoms with Crippen LogP contribution in [0, 0.1) is 29.6 Å². The molecule has 1 heterocycles. The highest BCUT2D eigenvalue weighted by atomic mass is 16.6. The van der Waals surface area contributed by atoms with Crippen molar-refractivity contribution in [3.8, 4) is 11.8 Å². The molecule has 3 aromatic rings. The lowest BCUT2D eigenvalue weighted by Gasteiger charge is -2.20. The van der Waals surface area contributed by atoms with Gasteiger partial charge in [-0.25, -0.2) is 0 Å². The highest BCUT2D eigenvalue weighted by molar-refractivity contribution is 5.82. The van der Waals surface area contributed by atoms with E-state index in [1.54, 1.807) is 0 Å². The summed E-state index contributed by atoms with van der Waals surface area (Å²) in [6.45, 7) is 7.96. The van der Waals surface area contributed by atoms with Crippen LogP contribution in [0.3, 0.4) is 0 Å². The van der Waals surface area contributed by atoms with Gasteiger partial charge >= 0.3 is 5.97 Å². The third-order valence-electron chi connectivity index (χ3n) is 5.76. The molecule has 0 N–H and O–H groups in total. The van der Waals surface area contributed by atoms with Gasteiger partial charge in [-0.2, -0.15) is 5.26 Å². The summed E-state index contributed by atoms with van der Waals surface area (Å²) in [5.74, 6) is 0.127. The zero-order valence-electron chi connectivity index (χ0n) is 19.0. The second-order valence-electron chi connectivity index (χ2n) is 9.61. The SMILES string of the molecule is Cc1cc(COc2ccc(C[C@]3(C#N)C[C@@H]3C(=O)OC(C)(C)C)cc2)c2ccccc2n1. The Morgan fingerprint density at radius 3 is 2.59 bits per heavy atom. The molecule has 0 spiro atoms. The number of nitriles is 1. The van der Waals surface area contributed by atoms with Crippen molar-refractivity contribution in [2.24, 2.45) is 11.3 Å². The predicted molar refractivity (Wildman–Crippen MR) is 123 cm³/mol. The van der Waals surface area contributed by atoms with Gasteiger partial charge in [0.25, 0.3) is 0 Å². The second-order valence-corrected chi connectivity index (χ2v) is 9.61. The Kier molecular flexibility index (Phi) is 5.64. The van der Waals surface area contributed by atoms with E-state index in [9.17, 15) is 10.1 Å². The molecule has 2 aromatic carbocycles. The number of pyridine rings is 1. The van der Waals surface area contributed by atoms with Crippen molar-refractivity contribution >= 4 is 16.9 Å². The Morgan fingerprint density at radius 1 is 1.19 bits per heavy atom. The van der Waals surface area contributed by atoms with Gasteiger partial charge in [0.15, 0.2) is 0 Å². The van der Waals surface area contributed by atoms with Crippen molar-refractivity contribution < 1.29 is 14.3 Å². The van der Waals surface area contributed by atoms with E-state index < -0.39 is 11.0 Å². The number of aryl methyl sites for hydroxylation is 1. The topological polar surface area (TPSA) is 72.2 Å². The van der Waals surface area contributed by atoms with Gasteiger partial charge in [0.05, 0.1) is 22.9 Å². The van der Waals surface area contributed by atoms with Gasteiger partial charge in [-0.1, -0.05) is 30.3 Å². The lowest BCUT2D eigenvalue weighted by atomic mass is 9.95. The summed E-state index contributed by atoms with van der Waals surface area (Å²) in [6.07, 6.45) is 1.08. The van der Waals surface area contributed by atoms with Crippen LogP contribution in [0.25, 0.3) is 10.9 Å². The van der Waals surface area contributed by atoms with Crippen LogP contribution in [0.4, 0.5) is 0 Å². The van der Waals surface area contributed by atoms with Crippen LogP contribution in [0.1, 0.15) is 44.0 Å². The summed E-state index contributed by atoms with van der Waals surface area (Å²) in [7, 11) is 0. The summed E-state index contributed by atoms with van der Waals surface area (Å²) in [5.41, 5.74) is 2.82. The van der Waals surface area contributed by atoms with Crippen LogP contribution >= 0.6 is 0 Å². The van der Waals surface area contributed by atoms with Crippen molar-refractivity contribution in [2.75, 3.05) is 0 Å². The first kappa shape index (κ1) is 21.8. The van der Waals surface area contributed by atoms with Gasteiger partial charge in [0, 0.05) is 16.6 Å². The average molecular weight is 429 g/mol. The second kappa shape index (κ2) is 8.27. The minimum Gasteiger partial charge on any atom is -0.489 e. The Hall–Kier alpha value is -3.39. The lowest BCUT2D eigenvalue weighted by molar-refractivity contribution is -0.157. The average Bonchev–Trinajstić information content (AvgIpc) is 3.46. The number of aromatic nitrogens is 1. The van der Waals surface area contributed by atoms with E-state index in [-0.39, 0.29) is 11.9 Å². The first-order chi connectivity index (χ1) is 15.2. The first-order valence-corrected chi connectivity index (χ1v) is 10.9. The van der Waals surface area contributed by atoms with Crippen molar-refractivity contribution in [2.45, 2.75) is 52.7 Å². The third kappa shape index (κ3) is 4.75. The molecular weight excluding hydrogens is 400 g/mol. The number of hydrogen-bond donors (Lipinski definition) is 0. The van der Waals surface area contributed by atoms with Crippen LogP contribution in [0.15, 0.2) is 54.6 Å². The van der Waals surface area contributed by atoms with E-state index in [0.29, 0.717) is 19.4 Å². The molecule has 0 amide bonds. The van der Waals surface area contributed by atoms with Crippen LogP contribution in [0.5, 0.6) is 5.75 Å². The zero-order valence-corrected chi connectivity index (χ0v) is 19.0. The van der Waals surface area contributed by atoms with E-state index in [1.807, 2.05) is 70.2 Å². The van der Waals surface area contributed by atoms with Crippen LogP contribution < -0.4 is 4.74 Å². The Labute approximate surface area is 189 Å². The first-order valence-electron chi connectivity index (χ1n) is 10.9. The molecule has 32 heavy (non-hydrogen) atoms. The van der Waals surface area contributed by atoms with E-state index in [1.165, 1.54) is 0 Å². The van der Waals surface area contributed by atoms with Gasteiger partial charge in [-0.05, 0) is 70.4 Å². The fourth-order valence-corrected chi connectivity index (χ4v) is 4.09. The van der Waals surface area contributed by atoms with Gasteiger partial charge < -0.3 is 9.47 Å². The number of carbonyl (C=O) groups is 1. The molecule has 164 valence electrons. The summed E-state index contributed by atoms with van der Waals surface area (Å²) in [6, 6.07) is 20.2. The third-order valence-corrected chi connectivity index (χ3v) is 5.76. The Balaban J connectivity index is 1.40. The maximum Gasteiger partial charge on any atom is 0.311 e.